The van der Waals surface area contributed by atoms with Gasteiger partial charge in [0.25, 0.3) is 5.91 Å². The first-order valence-corrected chi connectivity index (χ1v) is 15.9. The van der Waals surface area contributed by atoms with Crippen LogP contribution in [0.4, 0.5) is 17.8 Å². The second kappa shape index (κ2) is 18.4. The molecule has 4 aromatic rings. The Morgan fingerprint density at radius 3 is 1.85 bits per heavy atom. The number of carbonyl (C=O) groups is 1. The predicted octanol–water partition coefficient (Wildman–Crippen LogP) is 4.22. The fourth-order valence-corrected chi connectivity index (χ4v) is 5.14. The van der Waals surface area contributed by atoms with Gasteiger partial charge in [-0.2, -0.15) is 15.0 Å². The topological polar surface area (TPSA) is 123 Å². The number of nitrogens with zero attached hydrogens (tertiary/aromatic N) is 4. The van der Waals surface area contributed by atoms with Gasteiger partial charge in [-0.1, -0.05) is 78.9 Å². The van der Waals surface area contributed by atoms with Gasteiger partial charge in [-0.15, -0.1) is 0 Å². The maximum Gasteiger partial charge on any atom is 0.251 e. The molecule has 5 rings (SSSR count). The van der Waals surface area contributed by atoms with Crippen LogP contribution in [0, 0.1) is 0 Å². The third kappa shape index (κ3) is 10.5. The van der Waals surface area contributed by atoms with Crippen LogP contribution >= 0.6 is 0 Å². The molecule has 1 aromatic heterocycles. The van der Waals surface area contributed by atoms with Gasteiger partial charge in [-0.3, -0.25) is 4.79 Å². The number of nitrogens with one attached hydrogen (secondary N) is 3. The predicted molar refractivity (Wildman–Crippen MR) is 180 cm³/mol. The van der Waals surface area contributed by atoms with Gasteiger partial charge in [-0.05, 0) is 29.7 Å². The highest BCUT2D eigenvalue weighted by Crippen LogP contribution is 2.28. The van der Waals surface area contributed by atoms with Crippen molar-refractivity contribution in [3.05, 3.63) is 108 Å². The molecule has 11 nitrogen and oxygen atoms in total. The molecule has 0 unspecified atom stereocenters. The second-order valence-electron chi connectivity index (χ2n) is 10.7. The van der Waals surface area contributed by atoms with Crippen LogP contribution in [-0.2, 0) is 14.2 Å². The number of morpholine rings is 1. The average Bonchev–Trinajstić information content (AvgIpc) is 3.12. The highest BCUT2D eigenvalue weighted by Gasteiger charge is 2.18. The van der Waals surface area contributed by atoms with Gasteiger partial charge >= 0.3 is 0 Å². The molecular weight excluding hydrogens is 582 g/mol. The van der Waals surface area contributed by atoms with Crippen LogP contribution in [0.1, 0.15) is 33.8 Å². The summed E-state index contributed by atoms with van der Waals surface area (Å²) in [6.07, 6.45) is 0.880. The van der Waals surface area contributed by atoms with Crippen LogP contribution in [0.5, 0.6) is 0 Å². The van der Waals surface area contributed by atoms with E-state index in [9.17, 15) is 4.79 Å². The lowest BCUT2D eigenvalue weighted by atomic mass is 9.88. The molecule has 1 aliphatic heterocycles. The number of hydrogen-bond acceptors (Lipinski definition) is 10. The van der Waals surface area contributed by atoms with Crippen molar-refractivity contribution in [1.82, 2.24) is 20.3 Å². The summed E-state index contributed by atoms with van der Waals surface area (Å²) in [6, 6.07) is 30.3. The minimum absolute atomic E-state index is 0.108. The number of carbonyl (C=O) groups excluding carboxylic acids is 1. The van der Waals surface area contributed by atoms with Gasteiger partial charge in [0.2, 0.25) is 17.8 Å². The molecule has 46 heavy (non-hydrogen) atoms. The van der Waals surface area contributed by atoms with Crippen molar-refractivity contribution in [3.63, 3.8) is 0 Å². The number of anilines is 3. The lowest BCUT2D eigenvalue weighted by Gasteiger charge is -2.27. The molecule has 1 fully saturated rings. The highest BCUT2D eigenvalue weighted by atomic mass is 16.5. The molecule has 1 amide bonds. The maximum atomic E-state index is 12.1. The summed E-state index contributed by atoms with van der Waals surface area (Å²) in [7, 11) is 0. The highest BCUT2D eigenvalue weighted by molar-refractivity contribution is 5.94. The van der Waals surface area contributed by atoms with E-state index in [1.807, 2.05) is 30.3 Å². The number of ether oxygens (including phenoxy) is 3. The SMILES string of the molecule is O=C(NCCOCCOCCNc1nc(NCCC(c2ccccc2)c2ccccc2)nc(N2CCOCC2)n1)c1ccccc1. The Bertz CT molecular complexity index is 1400. The van der Waals surface area contributed by atoms with Crippen molar-refractivity contribution in [1.29, 1.82) is 0 Å². The summed E-state index contributed by atoms with van der Waals surface area (Å²) < 4.78 is 16.8. The fourth-order valence-electron chi connectivity index (χ4n) is 5.14. The minimum Gasteiger partial charge on any atom is -0.378 e. The molecule has 0 atom stereocenters. The van der Waals surface area contributed by atoms with Crippen LogP contribution in [-0.4, -0.2) is 93.2 Å². The first kappa shape index (κ1) is 32.8. The molecule has 0 aliphatic carbocycles. The van der Waals surface area contributed by atoms with E-state index >= 15 is 0 Å². The van der Waals surface area contributed by atoms with Crippen LogP contribution in [0.2, 0.25) is 0 Å². The van der Waals surface area contributed by atoms with E-state index in [4.69, 9.17) is 19.2 Å². The fraction of sp³-hybridized carbons (Fsp3) is 0.371. The molecule has 3 aromatic carbocycles. The van der Waals surface area contributed by atoms with Gasteiger partial charge in [-0.25, -0.2) is 0 Å². The smallest absolute Gasteiger partial charge is 0.251 e. The Morgan fingerprint density at radius 1 is 0.696 bits per heavy atom. The zero-order valence-corrected chi connectivity index (χ0v) is 26.1. The zero-order valence-electron chi connectivity index (χ0n) is 26.1. The molecule has 0 radical (unpaired) electrons. The van der Waals surface area contributed by atoms with Crippen LogP contribution in [0.3, 0.4) is 0 Å². The van der Waals surface area contributed by atoms with Crippen molar-refractivity contribution in [3.8, 4) is 0 Å². The number of aromatic nitrogens is 3. The number of hydrogen-bond donors (Lipinski definition) is 3. The Labute approximate surface area is 270 Å². The van der Waals surface area contributed by atoms with Crippen LogP contribution < -0.4 is 20.9 Å². The van der Waals surface area contributed by atoms with Crippen molar-refractivity contribution < 1.29 is 19.0 Å². The molecule has 1 saturated heterocycles. The van der Waals surface area contributed by atoms with Crippen LogP contribution in [0.15, 0.2) is 91.0 Å². The zero-order chi connectivity index (χ0) is 31.7. The van der Waals surface area contributed by atoms with Crippen molar-refractivity contribution in [2.45, 2.75) is 12.3 Å². The Hall–Kier alpha value is -4.58. The molecule has 242 valence electrons. The molecule has 0 spiro atoms. The Kier molecular flexibility index (Phi) is 13.1. The lowest BCUT2D eigenvalue weighted by Crippen LogP contribution is -2.37. The Morgan fingerprint density at radius 2 is 1.24 bits per heavy atom. The normalized spacial score (nSPS) is 13.0. The van der Waals surface area contributed by atoms with E-state index in [2.05, 4.69) is 79.3 Å². The molecule has 0 bridgehead atoms. The summed E-state index contributed by atoms with van der Waals surface area (Å²) in [6.45, 7) is 6.17. The number of amides is 1. The van der Waals surface area contributed by atoms with Gasteiger partial charge in [0.15, 0.2) is 0 Å². The van der Waals surface area contributed by atoms with Crippen molar-refractivity contribution in [2.24, 2.45) is 0 Å². The summed E-state index contributed by atoms with van der Waals surface area (Å²) in [5.74, 6) is 1.80. The minimum atomic E-state index is -0.108. The van der Waals surface area contributed by atoms with Crippen molar-refractivity contribution >= 4 is 23.8 Å². The quantitative estimate of drug-likeness (QED) is 0.139. The summed E-state index contributed by atoms with van der Waals surface area (Å²) >= 11 is 0. The number of rotatable bonds is 18. The average molecular weight is 626 g/mol. The van der Waals surface area contributed by atoms with Crippen molar-refractivity contribution in [2.75, 3.05) is 87.9 Å². The molecule has 0 saturated carbocycles. The largest absolute Gasteiger partial charge is 0.378 e. The standard InChI is InChI=1S/C35H43N7O4/c43-32(30-14-8-3-9-15-30)36-18-22-44-26-27-45-23-19-38-34-39-33(40-35(41-34)42-20-24-46-25-21-42)37-17-16-31(28-10-4-1-5-11-28)29-12-6-2-7-13-29/h1-15,31H,16-27H2,(H,36,43)(H2,37,38,39,40,41). The molecule has 3 N–H and O–H groups in total. The van der Waals surface area contributed by atoms with Gasteiger partial charge in [0, 0.05) is 44.2 Å². The van der Waals surface area contributed by atoms with Gasteiger partial charge < -0.3 is 35.1 Å². The van der Waals surface area contributed by atoms with E-state index in [0.29, 0.717) is 82.7 Å². The first-order chi connectivity index (χ1) is 22.8. The molecule has 11 heteroatoms. The third-order valence-electron chi connectivity index (χ3n) is 7.51. The number of benzene rings is 3. The monoisotopic (exact) mass is 625 g/mol. The van der Waals surface area contributed by atoms with Crippen LogP contribution in [0.25, 0.3) is 0 Å². The van der Waals surface area contributed by atoms with Gasteiger partial charge in [0.1, 0.15) is 0 Å². The van der Waals surface area contributed by atoms with E-state index in [1.165, 1.54) is 11.1 Å². The maximum absolute atomic E-state index is 12.1. The van der Waals surface area contributed by atoms with E-state index in [-0.39, 0.29) is 11.8 Å². The first-order valence-electron chi connectivity index (χ1n) is 15.9. The molecular formula is C35H43N7O4. The lowest BCUT2D eigenvalue weighted by molar-refractivity contribution is 0.0519. The summed E-state index contributed by atoms with van der Waals surface area (Å²) in [4.78, 5) is 28.3. The van der Waals surface area contributed by atoms with Gasteiger partial charge in [0.05, 0.1) is 39.6 Å². The van der Waals surface area contributed by atoms with E-state index in [0.717, 1.165) is 19.5 Å². The molecule has 2 heterocycles. The second-order valence-corrected chi connectivity index (χ2v) is 10.7. The summed E-state index contributed by atoms with van der Waals surface area (Å²) in [5, 5.41) is 9.58. The Balaban J connectivity index is 1.07. The third-order valence-corrected chi connectivity index (χ3v) is 7.51. The molecule has 1 aliphatic rings. The van der Waals surface area contributed by atoms with E-state index < -0.39 is 0 Å². The van der Waals surface area contributed by atoms with E-state index in [1.54, 1.807) is 12.1 Å². The summed E-state index contributed by atoms with van der Waals surface area (Å²) in [5.41, 5.74) is 3.20.